The van der Waals surface area contributed by atoms with Crippen LogP contribution in [-0.2, 0) is 19.4 Å². The van der Waals surface area contributed by atoms with Crippen LogP contribution < -0.4 is 10.1 Å². The van der Waals surface area contributed by atoms with Gasteiger partial charge in [0.2, 0.25) is 0 Å². The Bertz CT molecular complexity index is 925. The van der Waals surface area contributed by atoms with E-state index in [2.05, 4.69) is 15.2 Å². The Balaban J connectivity index is 1.56. The zero-order chi connectivity index (χ0) is 20.6. The number of alkyl halides is 2. The molecule has 0 saturated carbocycles. The van der Waals surface area contributed by atoms with Gasteiger partial charge in [0, 0.05) is 6.54 Å². The second-order valence-corrected chi connectivity index (χ2v) is 6.53. The van der Waals surface area contributed by atoms with Crippen molar-refractivity contribution in [2.45, 2.75) is 32.9 Å². The first-order chi connectivity index (χ1) is 14.1. The van der Waals surface area contributed by atoms with Crippen molar-refractivity contribution < 1.29 is 18.3 Å². The van der Waals surface area contributed by atoms with Gasteiger partial charge in [-0.3, -0.25) is 9.48 Å². The number of rotatable bonds is 9. The molecule has 3 rings (SSSR count). The van der Waals surface area contributed by atoms with Gasteiger partial charge in [-0.15, -0.1) is 0 Å². The molecule has 0 aliphatic heterocycles. The van der Waals surface area contributed by atoms with Gasteiger partial charge in [0.15, 0.2) is 0 Å². The summed E-state index contributed by atoms with van der Waals surface area (Å²) < 4.78 is 30.5. The second kappa shape index (κ2) is 9.82. The summed E-state index contributed by atoms with van der Waals surface area (Å²) in [6.07, 6.45) is 2.88. The maximum absolute atomic E-state index is 12.6. The fraction of sp³-hybridized carbons (Fsp3) is 0.273. The van der Waals surface area contributed by atoms with E-state index in [1.54, 1.807) is 18.3 Å². The molecule has 0 fully saturated rings. The number of halogens is 2. The molecule has 1 heterocycles. The maximum atomic E-state index is 12.6. The number of hydrogen-bond acceptors (Lipinski definition) is 3. The molecule has 1 N–H and O–H groups in total. The number of nitrogens with one attached hydrogen (secondary N) is 1. The van der Waals surface area contributed by atoms with Crippen molar-refractivity contribution in [3.05, 3.63) is 83.2 Å². The monoisotopic (exact) mass is 399 g/mol. The van der Waals surface area contributed by atoms with Gasteiger partial charge < -0.3 is 10.1 Å². The minimum atomic E-state index is -2.84. The van der Waals surface area contributed by atoms with Crippen LogP contribution in [0.2, 0.25) is 0 Å². The highest BCUT2D eigenvalue weighted by atomic mass is 19.3. The molecule has 0 atom stereocenters. The normalized spacial score (nSPS) is 10.9. The van der Waals surface area contributed by atoms with Gasteiger partial charge in [-0.05, 0) is 36.1 Å². The summed E-state index contributed by atoms with van der Waals surface area (Å²) in [5.41, 5.74) is 3.50. The van der Waals surface area contributed by atoms with E-state index in [-0.39, 0.29) is 11.7 Å². The summed E-state index contributed by atoms with van der Waals surface area (Å²) in [7, 11) is 0. The highest BCUT2D eigenvalue weighted by Crippen LogP contribution is 2.15. The zero-order valence-corrected chi connectivity index (χ0v) is 16.1. The topological polar surface area (TPSA) is 56.1 Å². The van der Waals surface area contributed by atoms with E-state index in [0.717, 1.165) is 16.8 Å². The summed E-state index contributed by atoms with van der Waals surface area (Å²) in [5.74, 6) is -0.0509. The third-order valence-electron chi connectivity index (χ3n) is 4.55. The number of ether oxygens (including phenoxy) is 1. The number of aromatic nitrogens is 2. The van der Waals surface area contributed by atoms with E-state index in [4.69, 9.17) is 0 Å². The highest BCUT2D eigenvalue weighted by Gasteiger charge is 2.16. The lowest BCUT2D eigenvalue weighted by atomic mass is 10.1. The maximum Gasteiger partial charge on any atom is 0.387 e. The smallest absolute Gasteiger partial charge is 0.387 e. The first-order valence-electron chi connectivity index (χ1n) is 9.47. The van der Waals surface area contributed by atoms with E-state index in [1.807, 2.05) is 41.9 Å². The molecule has 3 aromatic rings. The molecule has 7 heteroatoms. The van der Waals surface area contributed by atoms with Gasteiger partial charge >= 0.3 is 6.61 Å². The van der Waals surface area contributed by atoms with Crippen molar-refractivity contribution in [3.8, 4) is 5.75 Å². The minimum absolute atomic E-state index is 0.117. The number of carbonyl (C=O) groups is 1. The molecular weight excluding hydrogens is 376 g/mol. The average molecular weight is 399 g/mol. The molecule has 0 radical (unpaired) electrons. The molecule has 2 aromatic carbocycles. The van der Waals surface area contributed by atoms with Crippen LogP contribution in [-0.4, -0.2) is 28.8 Å². The lowest BCUT2D eigenvalue weighted by molar-refractivity contribution is -0.0498. The van der Waals surface area contributed by atoms with Gasteiger partial charge in [-0.25, -0.2) is 0 Å². The fourth-order valence-corrected chi connectivity index (χ4v) is 3.12. The minimum Gasteiger partial charge on any atom is -0.435 e. The number of benzene rings is 2. The van der Waals surface area contributed by atoms with Crippen LogP contribution >= 0.6 is 0 Å². The van der Waals surface area contributed by atoms with Crippen molar-refractivity contribution >= 4 is 5.91 Å². The van der Waals surface area contributed by atoms with E-state index in [0.29, 0.717) is 31.5 Å². The Kier molecular flexibility index (Phi) is 6.94. The van der Waals surface area contributed by atoms with Crippen molar-refractivity contribution in [1.82, 2.24) is 15.1 Å². The Morgan fingerprint density at radius 1 is 1.10 bits per heavy atom. The molecule has 0 aliphatic carbocycles. The van der Waals surface area contributed by atoms with Gasteiger partial charge in [0.1, 0.15) is 5.75 Å². The quantitative estimate of drug-likeness (QED) is 0.590. The predicted molar refractivity (Wildman–Crippen MR) is 106 cm³/mol. The van der Waals surface area contributed by atoms with Crippen molar-refractivity contribution in [2.75, 3.05) is 6.54 Å². The lowest BCUT2D eigenvalue weighted by Crippen LogP contribution is -2.26. The first kappa shape index (κ1) is 20.5. The average Bonchev–Trinajstić information content (AvgIpc) is 3.12. The number of amides is 1. The van der Waals surface area contributed by atoms with E-state index in [9.17, 15) is 13.6 Å². The predicted octanol–water partition coefficient (Wildman–Crippen LogP) is 4.07. The summed E-state index contributed by atoms with van der Waals surface area (Å²) >= 11 is 0. The van der Waals surface area contributed by atoms with Crippen LogP contribution in [0.3, 0.4) is 0 Å². The Morgan fingerprint density at radius 3 is 2.48 bits per heavy atom. The second-order valence-electron chi connectivity index (χ2n) is 6.53. The van der Waals surface area contributed by atoms with Gasteiger partial charge in [0.25, 0.3) is 5.91 Å². The van der Waals surface area contributed by atoms with Crippen molar-refractivity contribution in [2.24, 2.45) is 0 Å². The molecule has 0 saturated heterocycles. The third kappa shape index (κ3) is 5.63. The molecule has 152 valence electrons. The molecule has 0 aliphatic rings. The Hall–Kier alpha value is -3.22. The van der Waals surface area contributed by atoms with Crippen LogP contribution in [0.1, 0.15) is 34.1 Å². The molecule has 5 nitrogen and oxygen atoms in total. The molecule has 0 spiro atoms. The van der Waals surface area contributed by atoms with Crippen LogP contribution in [0.15, 0.2) is 60.8 Å². The first-order valence-corrected chi connectivity index (χ1v) is 9.47. The standard InChI is InChI=1S/C22H23F2N3O2/c1-2-20-19(14-26-27(20)15-17-6-4-3-5-7-17)21(28)25-13-12-16-8-10-18(11-9-16)29-22(23)24/h3-11,14,22H,2,12-13,15H2,1H3,(H,25,28). The summed E-state index contributed by atoms with van der Waals surface area (Å²) in [6, 6.07) is 16.4. The van der Waals surface area contributed by atoms with Crippen molar-refractivity contribution in [3.63, 3.8) is 0 Å². The van der Waals surface area contributed by atoms with Gasteiger partial charge in [-0.1, -0.05) is 49.4 Å². The number of carbonyl (C=O) groups excluding carboxylic acids is 1. The summed E-state index contributed by atoms with van der Waals surface area (Å²) in [6.45, 7) is 0.208. The highest BCUT2D eigenvalue weighted by molar-refractivity contribution is 5.95. The molecule has 29 heavy (non-hydrogen) atoms. The van der Waals surface area contributed by atoms with E-state index >= 15 is 0 Å². The van der Waals surface area contributed by atoms with Crippen LogP contribution in [0, 0.1) is 0 Å². The van der Waals surface area contributed by atoms with Gasteiger partial charge in [0.05, 0.1) is 24.0 Å². The van der Waals surface area contributed by atoms with Crippen molar-refractivity contribution in [1.29, 1.82) is 0 Å². The largest absolute Gasteiger partial charge is 0.435 e. The summed E-state index contributed by atoms with van der Waals surface area (Å²) in [4.78, 5) is 12.6. The molecule has 1 amide bonds. The number of hydrogen-bond donors (Lipinski definition) is 1. The van der Waals surface area contributed by atoms with E-state index in [1.165, 1.54) is 12.1 Å². The van der Waals surface area contributed by atoms with Crippen LogP contribution in [0.5, 0.6) is 5.75 Å². The molecule has 0 bridgehead atoms. The third-order valence-corrected chi connectivity index (χ3v) is 4.55. The molecule has 0 unspecified atom stereocenters. The Morgan fingerprint density at radius 2 is 1.83 bits per heavy atom. The number of nitrogens with zero attached hydrogens (tertiary/aromatic N) is 2. The molecule has 1 aromatic heterocycles. The summed E-state index contributed by atoms with van der Waals surface area (Å²) in [5, 5.41) is 7.29. The van der Waals surface area contributed by atoms with Gasteiger partial charge in [-0.2, -0.15) is 13.9 Å². The fourth-order valence-electron chi connectivity index (χ4n) is 3.12. The molecular formula is C22H23F2N3O2. The van der Waals surface area contributed by atoms with Crippen LogP contribution in [0.25, 0.3) is 0 Å². The SMILES string of the molecule is CCc1c(C(=O)NCCc2ccc(OC(F)F)cc2)cnn1Cc1ccccc1. The van der Waals surface area contributed by atoms with E-state index < -0.39 is 6.61 Å². The lowest BCUT2D eigenvalue weighted by Gasteiger charge is -2.09. The Labute approximate surface area is 168 Å². The van der Waals surface area contributed by atoms with Crippen LogP contribution in [0.4, 0.5) is 8.78 Å². The zero-order valence-electron chi connectivity index (χ0n) is 16.1.